The molecule has 1 aromatic carbocycles. The first-order chi connectivity index (χ1) is 9.04. The smallest absolute Gasteiger partial charge is 0.303 e. The molecule has 0 aliphatic rings. The van der Waals surface area contributed by atoms with Crippen molar-refractivity contribution >= 4 is 17.6 Å². The van der Waals surface area contributed by atoms with E-state index in [4.69, 9.17) is 26.2 Å². The Balaban J connectivity index is 3.08. The van der Waals surface area contributed by atoms with Gasteiger partial charge in [-0.1, -0.05) is 18.5 Å². The van der Waals surface area contributed by atoms with Crippen LogP contribution in [0.2, 0.25) is 5.02 Å². The fourth-order valence-corrected chi connectivity index (χ4v) is 2.50. The molecule has 0 heterocycles. The topological polar surface area (TPSA) is 55.8 Å². The second-order valence-electron chi connectivity index (χ2n) is 4.16. The first-order valence-electron chi connectivity index (χ1n) is 6.19. The molecule has 0 aliphatic heterocycles. The molecule has 0 unspecified atom stereocenters. The van der Waals surface area contributed by atoms with E-state index in [1.165, 1.54) is 0 Å². The Labute approximate surface area is 118 Å². The third kappa shape index (κ3) is 3.77. The van der Waals surface area contributed by atoms with E-state index in [1.54, 1.807) is 14.2 Å². The summed E-state index contributed by atoms with van der Waals surface area (Å²) >= 11 is 6.32. The molecule has 0 aromatic heterocycles. The zero-order chi connectivity index (χ0) is 14.4. The number of halogens is 1. The number of ether oxygens (including phenoxy) is 2. The van der Waals surface area contributed by atoms with Crippen molar-refractivity contribution in [1.29, 1.82) is 0 Å². The van der Waals surface area contributed by atoms with Gasteiger partial charge in [-0.3, -0.25) is 4.79 Å². The minimum Gasteiger partial charge on any atom is -0.493 e. The first-order valence-corrected chi connectivity index (χ1v) is 6.56. The van der Waals surface area contributed by atoms with E-state index in [0.29, 0.717) is 29.4 Å². The Morgan fingerprint density at radius 2 is 2.05 bits per heavy atom. The van der Waals surface area contributed by atoms with Crippen molar-refractivity contribution in [2.45, 2.75) is 32.6 Å². The van der Waals surface area contributed by atoms with Gasteiger partial charge < -0.3 is 14.6 Å². The molecule has 19 heavy (non-hydrogen) atoms. The third-order valence-corrected chi connectivity index (χ3v) is 3.40. The van der Waals surface area contributed by atoms with Crippen LogP contribution in [0.1, 0.15) is 30.9 Å². The average Bonchev–Trinajstić information content (AvgIpc) is 2.37. The van der Waals surface area contributed by atoms with Gasteiger partial charge in [0.05, 0.1) is 19.2 Å². The molecule has 1 aromatic rings. The van der Waals surface area contributed by atoms with Gasteiger partial charge in [-0.25, -0.2) is 0 Å². The lowest BCUT2D eigenvalue weighted by Crippen LogP contribution is -2.02. The maximum absolute atomic E-state index is 10.6. The van der Waals surface area contributed by atoms with Gasteiger partial charge in [0.2, 0.25) is 0 Å². The van der Waals surface area contributed by atoms with Gasteiger partial charge in [0, 0.05) is 6.42 Å². The van der Waals surface area contributed by atoms with Crippen molar-refractivity contribution < 1.29 is 19.4 Å². The van der Waals surface area contributed by atoms with E-state index >= 15 is 0 Å². The lowest BCUT2D eigenvalue weighted by atomic mass is 9.99. The van der Waals surface area contributed by atoms with Crippen LogP contribution in [0, 0.1) is 0 Å². The molecule has 0 saturated heterocycles. The molecule has 0 fully saturated rings. The van der Waals surface area contributed by atoms with Crippen LogP contribution in [0.4, 0.5) is 0 Å². The van der Waals surface area contributed by atoms with Crippen LogP contribution in [0.15, 0.2) is 6.07 Å². The summed E-state index contributed by atoms with van der Waals surface area (Å²) < 4.78 is 10.5. The second-order valence-corrected chi connectivity index (χ2v) is 4.54. The van der Waals surface area contributed by atoms with Crippen LogP contribution in [0.3, 0.4) is 0 Å². The number of rotatable bonds is 7. The fraction of sp³-hybridized carbons (Fsp3) is 0.500. The number of carboxylic acid groups (broad SMARTS) is 1. The molecule has 5 heteroatoms. The van der Waals surface area contributed by atoms with Gasteiger partial charge in [-0.05, 0) is 36.5 Å². The summed E-state index contributed by atoms with van der Waals surface area (Å²) in [5, 5.41) is 9.24. The summed E-state index contributed by atoms with van der Waals surface area (Å²) in [6.07, 6.45) is 2.15. The van der Waals surface area contributed by atoms with Crippen molar-refractivity contribution in [3.8, 4) is 11.5 Å². The minimum absolute atomic E-state index is 0.148. The quantitative estimate of drug-likeness (QED) is 0.835. The molecule has 0 bridgehead atoms. The van der Waals surface area contributed by atoms with Crippen molar-refractivity contribution in [1.82, 2.24) is 0 Å². The van der Waals surface area contributed by atoms with Gasteiger partial charge in [0.15, 0.2) is 11.5 Å². The molecular weight excluding hydrogens is 268 g/mol. The molecule has 0 atom stereocenters. The van der Waals surface area contributed by atoms with Crippen LogP contribution in [0.5, 0.6) is 11.5 Å². The number of methoxy groups -OCH3 is 2. The Morgan fingerprint density at radius 3 is 2.53 bits per heavy atom. The number of aryl methyl sites for hydroxylation is 1. The molecule has 4 nitrogen and oxygen atoms in total. The molecule has 106 valence electrons. The van der Waals surface area contributed by atoms with Gasteiger partial charge >= 0.3 is 5.97 Å². The number of hydrogen-bond donors (Lipinski definition) is 1. The first kappa shape index (κ1) is 15.6. The van der Waals surface area contributed by atoms with E-state index < -0.39 is 5.97 Å². The van der Waals surface area contributed by atoms with Crippen LogP contribution >= 0.6 is 11.6 Å². The Bertz CT molecular complexity index is 457. The van der Waals surface area contributed by atoms with E-state index in [0.717, 1.165) is 17.5 Å². The van der Waals surface area contributed by atoms with E-state index in [9.17, 15) is 4.79 Å². The summed E-state index contributed by atoms with van der Waals surface area (Å²) in [7, 11) is 3.11. The zero-order valence-corrected chi connectivity index (χ0v) is 12.2. The normalized spacial score (nSPS) is 10.3. The zero-order valence-electron chi connectivity index (χ0n) is 11.5. The van der Waals surface area contributed by atoms with E-state index in [1.807, 2.05) is 13.0 Å². The lowest BCUT2D eigenvalue weighted by Gasteiger charge is -2.16. The van der Waals surface area contributed by atoms with Crippen LogP contribution in [0.25, 0.3) is 0 Å². The van der Waals surface area contributed by atoms with Gasteiger partial charge in [0.1, 0.15) is 0 Å². The molecule has 1 rings (SSSR count). The van der Waals surface area contributed by atoms with Crippen molar-refractivity contribution in [2.75, 3.05) is 14.2 Å². The predicted molar refractivity (Wildman–Crippen MR) is 74.5 cm³/mol. The number of benzene rings is 1. The molecule has 0 saturated carbocycles. The summed E-state index contributed by atoms with van der Waals surface area (Å²) in [6, 6.07) is 1.88. The lowest BCUT2D eigenvalue weighted by molar-refractivity contribution is -0.137. The fourth-order valence-electron chi connectivity index (χ4n) is 2.07. The second kappa shape index (κ2) is 7.24. The molecule has 0 aliphatic carbocycles. The van der Waals surface area contributed by atoms with Crippen molar-refractivity contribution in [2.24, 2.45) is 0 Å². The van der Waals surface area contributed by atoms with Gasteiger partial charge in [-0.2, -0.15) is 0 Å². The standard InChI is InChI=1S/C14H19ClO4/c1-4-10-9(6-5-7-12(16)17)8-11(18-2)14(19-3)13(10)15/h8H,4-7H2,1-3H3,(H,16,17). The largest absolute Gasteiger partial charge is 0.493 e. The molecule has 0 spiro atoms. The average molecular weight is 287 g/mol. The minimum atomic E-state index is -0.787. The Kier molecular flexibility index (Phi) is 5.96. The number of carboxylic acids is 1. The summed E-state index contributed by atoms with van der Waals surface area (Å²) in [5.41, 5.74) is 2.01. The molecule has 0 radical (unpaired) electrons. The van der Waals surface area contributed by atoms with Crippen LogP contribution < -0.4 is 9.47 Å². The highest BCUT2D eigenvalue weighted by molar-refractivity contribution is 6.33. The number of aliphatic carboxylic acids is 1. The molecule has 1 N–H and O–H groups in total. The Morgan fingerprint density at radius 1 is 1.37 bits per heavy atom. The maximum atomic E-state index is 10.6. The highest BCUT2D eigenvalue weighted by Crippen LogP contribution is 2.40. The summed E-state index contributed by atoms with van der Waals surface area (Å²) in [5.74, 6) is 0.322. The summed E-state index contributed by atoms with van der Waals surface area (Å²) in [6.45, 7) is 2.01. The van der Waals surface area contributed by atoms with Crippen LogP contribution in [-0.4, -0.2) is 25.3 Å². The Hall–Kier alpha value is -1.42. The third-order valence-electron chi connectivity index (χ3n) is 3.00. The maximum Gasteiger partial charge on any atom is 0.303 e. The van der Waals surface area contributed by atoms with E-state index in [2.05, 4.69) is 0 Å². The van der Waals surface area contributed by atoms with E-state index in [-0.39, 0.29) is 6.42 Å². The number of hydrogen-bond acceptors (Lipinski definition) is 3. The van der Waals surface area contributed by atoms with Crippen LogP contribution in [-0.2, 0) is 17.6 Å². The molecular formula is C14H19ClO4. The summed E-state index contributed by atoms with van der Waals surface area (Å²) in [4.78, 5) is 10.6. The SMILES string of the molecule is CCc1c(CCCC(=O)O)cc(OC)c(OC)c1Cl. The van der Waals surface area contributed by atoms with Crippen molar-refractivity contribution in [3.05, 3.63) is 22.2 Å². The van der Waals surface area contributed by atoms with Gasteiger partial charge in [-0.15, -0.1) is 0 Å². The number of carbonyl (C=O) groups is 1. The highest BCUT2D eigenvalue weighted by Gasteiger charge is 2.17. The molecule has 0 amide bonds. The highest BCUT2D eigenvalue weighted by atomic mass is 35.5. The monoisotopic (exact) mass is 286 g/mol. The van der Waals surface area contributed by atoms with Crippen molar-refractivity contribution in [3.63, 3.8) is 0 Å². The van der Waals surface area contributed by atoms with Gasteiger partial charge in [0.25, 0.3) is 0 Å². The predicted octanol–water partition coefficient (Wildman–Crippen LogP) is 3.33.